The highest BCUT2D eigenvalue weighted by atomic mass is 16.5. The Balaban J connectivity index is 3.39. The molecule has 3 N–H and O–H groups in total. The van der Waals surface area contributed by atoms with Crippen LogP contribution in [0.5, 0.6) is 0 Å². The number of aliphatic hydroxyl groups is 2. The van der Waals surface area contributed by atoms with Crippen molar-refractivity contribution in [2.45, 2.75) is 469 Å². The van der Waals surface area contributed by atoms with Gasteiger partial charge >= 0.3 is 5.97 Å². The number of amides is 1. The van der Waals surface area contributed by atoms with Gasteiger partial charge in [0.25, 0.3) is 0 Å². The van der Waals surface area contributed by atoms with Crippen molar-refractivity contribution in [3.63, 3.8) is 0 Å². The quantitative estimate of drug-likeness (QED) is 0.0320. The van der Waals surface area contributed by atoms with Crippen LogP contribution in [-0.2, 0) is 14.3 Å². The molecule has 2 atom stereocenters. The van der Waals surface area contributed by atoms with E-state index in [0.29, 0.717) is 19.4 Å². The van der Waals surface area contributed by atoms with Crippen LogP contribution in [0.1, 0.15) is 457 Å². The lowest BCUT2D eigenvalue weighted by molar-refractivity contribution is -0.143. The zero-order chi connectivity index (χ0) is 64.2. The van der Waals surface area contributed by atoms with Gasteiger partial charge in [0.15, 0.2) is 0 Å². The highest BCUT2D eigenvalue weighted by molar-refractivity contribution is 5.76. The first-order valence-corrected chi connectivity index (χ1v) is 40.8. The summed E-state index contributed by atoms with van der Waals surface area (Å²) in [6, 6.07) is -0.628. The molecule has 0 saturated carbocycles. The first kappa shape index (κ1) is 87.1. The van der Waals surface area contributed by atoms with Gasteiger partial charge in [0.2, 0.25) is 5.91 Å². The van der Waals surface area contributed by atoms with E-state index in [1.54, 1.807) is 6.08 Å². The van der Waals surface area contributed by atoms with Crippen LogP contribution in [0.25, 0.3) is 0 Å². The highest BCUT2D eigenvalue weighted by Crippen LogP contribution is 2.20. The number of esters is 1. The van der Waals surface area contributed by atoms with E-state index < -0.39 is 12.1 Å². The Kier molecular flexibility index (Phi) is 76.8. The molecule has 526 valence electrons. The van der Waals surface area contributed by atoms with Gasteiger partial charge in [0.1, 0.15) is 0 Å². The molecule has 0 radical (unpaired) electrons. The highest BCUT2D eigenvalue weighted by Gasteiger charge is 2.18. The van der Waals surface area contributed by atoms with E-state index in [9.17, 15) is 19.8 Å². The van der Waals surface area contributed by atoms with E-state index in [1.807, 2.05) is 6.08 Å². The lowest BCUT2D eigenvalue weighted by atomic mass is 10.0. The summed E-state index contributed by atoms with van der Waals surface area (Å²) >= 11 is 0. The van der Waals surface area contributed by atoms with Crippen molar-refractivity contribution < 1.29 is 24.5 Å². The second kappa shape index (κ2) is 78.5. The molecule has 6 nitrogen and oxygen atoms in total. The normalized spacial score (nSPS) is 12.6. The minimum atomic E-state index is -0.845. The molecule has 0 aromatic heterocycles. The summed E-state index contributed by atoms with van der Waals surface area (Å²) in [4.78, 5) is 24.6. The Hall–Kier alpha value is -1.92. The summed E-state index contributed by atoms with van der Waals surface area (Å²) in [5.41, 5.74) is 0. The summed E-state index contributed by atoms with van der Waals surface area (Å²) in [6.45, 7) is 4.96. The van der Waals surface area contributed by atoms with Crippen LogP contribution >= 0.6 is 0 Å². The zero-order valence-electron chi connectivity index (χ0n) is 60.4. The standard InChI is InChI=1S/C83H159NO5/c1-3-5-7-9-11-13-15-17-19-20-21-22-36-39-42-45-48-51-55-59-63-67-71-75-81(86)80(79-85)84-82(87)76-72-68-64-60-56-52-49-46-43-40-37-34-32-30-28-26-24-23-25-27-29-31-33-35-38-41-44-47-50-54-58-62-66-70-74-78-89-83(88)77-73-69-65-61-57-53-18-16-14-12-10-8-6-4-2/h25,27,31,33,71,75,80-81,85-86H,3-24,26,28-30,32,34-70,72-74,76-79H2,1-2H3,(H,84,87)/b27-25-,33-31-,75-71+. The maximum Gasteiger partial charge on any atom is 0.305 e. The van der Waals surface area contributed by atoms with E-state index in [4.69, 9.17) is 4.74 Å². The molecule has 0 spiro atoms. The number of carbonyl (C=O) groups excluding carboxylic acids is 2. The summed E-state index contributed by atoms with van der Waals surface area (Å²) in [6.07, 6.45) is 103. The minimum absolute atomic E-state index is 0.0196. The predicted octanol–water partition coefficient (Wildman–Crippen LogP) is 27.0. The molecule has 1 amide bonds. The van der Waals surface area contributed by atoms with Crippen LogP contribution in [-0.4, -0.2) is 47.4 Å². The van der Waals surface area contributed by atoms with Crippen molar-refractivity contribution in [2.24, 2.45) is 0 Å². The van der Waals surface area contributed by atoms with Gasteiger partial charge in [-0.15, -0.1) is 0 Å². The van der Waals surface area contributed by atoms with E-state index in [2.05, 4.69) is 43.5 Å². The fourth-order valence-corrected chi connectivity index (χ4v) is 13.0. The average molecular weight is 1250 g/mol. The van der Waals surface area contributed by atoms with Crippen LogP contribution in [0.2, 0.25) is 0 Å². The number of nitrogens with one attached hydrogen (secondary N) is 1. The Labute approximate surface area is 557 Å². The Morgan fingerprint density at radius 3 is 0.854 bits per heavy atom. The van der Waals surface area contributed by atoms with Crippen LogP contribution in [0.15, 0.2) is 36.5 Å². The molecule has 0 aliphatic carbocycles. The first-order valence-electron chi connectivity index (χ1n) is 40.8. The number of unbranched alkanes of at least 4 members (excludes halogenated alkanes) is 62. The molecule has 0 saturated heterocycles. The minimum Gasteiger partial charge on any atom is -0.466 e. The summed E-state index contributed by atoms with van der Waals surface area (Å²) in [7, 11) is 0. The van der Waals surface area contributed by atoms with Crippen molar-refractivity contribution in [1.82, 2.24) is 5.32 Å². The van der Waals surface area contributed by atoms with Crippen molar-refractivity contribution in [2.75, 3.05) is 13.2 Å². The van der Waals surface area contributed by atoms with Crippen molar-refractivity contribution in [3.8, 4) is 0 Å². The SMILES string of the molecule is CCCCCCCCCCCCCCCCCCCCCCC/C=C/C(O)C(CO)NC(=O)CCCCCCCCCCCCCCCCCCC/C=C\C/C=C\CCCCCCCCCCCCCOC(=O)CCCCCCCCCCCCCCCC. The summed E-state index contributed by atoms with van der Waals surface area (Å²) in [5, 5.41) is 23.3. The average Bonchev–Trinajstić information content (AvgIpc) is 3.58. The van der Waals surface area contributed by atoms with Gasteiger partial charge in [-0.3, -0.25) is 9.59 Å². The van der Waals surface area contributed by atoms with Crippen LogP contribution in [0.3, 0.4) is 0 Å². The summed E-state index contributed by atoms with van der Waals surface area (Å²) < 4.78 is 5.50. The Morgan fingerprint density at radius 2 is 0.562 bits per heavy atom. The van der Waals surface area contributed by atoms with Crippen LogP contribution < -0.4 is 5.32 Å². The Bertz CT molecular complexity index is 1440. The molecule has 0 bridgehead atoms. The molecule has 0 aliphatic rings. The number of ether oxygens (including phenoxy) is 1. The third kappa shape index (κ3) is 75.0. The van der Waals surface area contributed by atoms with Gasteiger partial charge in [-0.25, -0.2) is 0 Å². The van der Waals surface area contributed by atoms with Crippen molar-refractivity contribution in [1.29, 1.82) is 0 Å². The Morgan fingerprint density at radius 1 is 0.315 bits per heavy atom. The third-order valence-electron chi connectivity index (χ3n) is 19.2. The van der Waals surface area contributed by atoms with E-state index in [0.717, 1.165) is 44.9 Å². The largest absolute Gasteiger partial charge is 0.466 e. The molecule has 2 unspecified atom stereocenters. The lowest BCUT2D eigenvalue weighted by Gasteiger charge is -2.20. The fourth-order valence-electron chi connectivity index (χ4n) is 13.0. The number of rotatable bonds is 77. The van der Waals surface area contributed by atoms with Gasteiger partial charge in [0, 0.05) is 12.8 Å². The molecule has 0 heterocycles. The monoisotopic (exact) mass is 1250 g/mol. The predicted molar refractivity (Wildman–Crippen MR) is 393 cm³/mol. The maximum atomic E-state index is 12.6. The van der Waals surface area contributed by atoms with E-state index >= 15 is 0 Å². The molecule has 6 heteroatoms. The van der Waals surface area contributed by atoms with Crippen LogP contribution in [0, 0.1) is 0 Å². The third-order valence-corrected chi connectivity index (χ3v) is 19.2. The van der Waals surface area contributed by atoms with Crippen LogP contribution in [0.4, 0.5) is 0 Å². The number of hydrogen-bond donors (Lipinski definition) is 3. The summed E-state index contributed by atoms with van der Waals surface area (Å²) in [5.74, 6) is -0.0411. The van der Waals surface area contributed by atoms with Gasteiger partial charge < -0.3 is 20.3 Å². The smallest absolute Gasteiger partial charge is 0.305 e. The second-order valence-corrected chi connectivity index (χ2v) is 28.1. The topological polar surface area (TPSA) is 95.9 Å². The zero-order valence-corrected chi connectivity index (χ0v) is 60.4. The molecule has 89 heavy (non-hydrogen) atoms. The van der Waals surface area contributed by atoms with Gasteiger partial charge in [-0.2, -0.15) is 0 Å². The molecule has 0 aromatic carbocycles. The van der Waals surface area contributed by atoms with Crippen molar-refractivity contribution in [3.05, 3.63) is 36.5 Å². The van der Waals surface area contributed by atoms with Crippen molar-refractivity contribution >= 4 is 11.9 Å². The van der Waals surface area contributed by atoms with Gasteiger partial charge in [0.05, 0.1) is 25.4 Å². The molecular weight excluding hydrogens is 1090 g/mol. The molecule has 0 rings (SSSR count). The molecule has 0 aliphatic heterocycles. The number of allylic oxidation sites excluding steroid dienone is 5. The van der Waals surface area contributed by atoms with E-state index in [1.165, 1.54) is 385 Å². The molecule has 0 fully saturated rings. The van der Waals surface area contributed by atoms with Gasteiger partial charge in [-0.1, -0.05) is 416 Å². The number of carbonyl (C=O) groups is 2. The molecular formula is C83H159NO5. The molecule has 0 aromatic rings. The lowest BCUT2D eigenvalue weighted by Crippen LogP contribution is -2.45. The fraction of sp³-hybridized carbons (Fsp3) is 0.904. The van der Waals surface area contributed by atoms with Gasteiger partial charge in [-0.05, 0) is 64.2 Å². The second-order valence-electron chi connectivity index (χ2n) is 28.1. The number of hydrogen-bond acceptors (Lipinski definition) is 5. The van der Waals surface area contributed by atoms with E-state index in [-0.39, 0.29) is 18.5 Å². The maximum absolute atomic E-state index is 12.6. The first-order chi connectivity index (χ1) is 44.0. The number of aliphatic hydroxyl groups excluding tert-OH is 2.